The molecule has 23 heavy (non-hydrogen) atoms. The predicted molar refractivity (Wildman–Crippen MR) is 82.4 cm³/mol. The van der Waals surface area contributed by atoms with Crippen LogP contribution in [0.5, 0.6) is 5.75 Å². The molecule has 1 aromatic rings. The van der Waals surface area contributed by atoms with Gasteiger partial charge in [-0.1, -0.05) is 0 Å². The van der Waals surface area contributed by atoms with Crippen LogP contribution >= 0.6 is 0 Å². The topological polar surface area (TPSA) is 79.5 Å². The SMILES string of the molecule is COc1c(F)cc(NC(=O)N[C@@H](C)C(=O)NC(C)(C)C)cc1F. The number of carbonyl (C=O) groups is 2. The summed E-state index contributed by atoms with van der Waals surface area (Å²) in [4.78, 5) is 23.6. The number of ether oxygens (including phenoxy) is 1. The maximum atomic E-state index is 13.5. The second-order valence-electron chi connectivity index (χ2n) is 6.03. The first-order valence-electron chi connectivity index (χ1n) is 6.96. The second kappa shape index (κ2) is 7.26. The monoisotopic (exact) mass is 329 g/mol. The van der Waals surface area contributed by atoms with Crippen molar-refractivity contribution in [3.8, 4) is 5.75 Å². The van der Waals surface area contributed by atoms with E-state index in [0.29, 0.717) is 0 Å². The normalized spacial score (nSPS) is 12.3. The molecule has 3 amide bonds. The Kier molecular flexibility index (Phi) is 5.89. The van der Waals surface area contributed by atoms with Gasteiger partial charge in [-0.3, -0.25) is 4.79 Å². The lowest BCUT2D eigenvalue weighted by Gasteiger charge is -2.23. The Morgan fingerprint density at radius 2 is 1.70 bits per heavy atom. The molecule has 0 aromatic heterocycles. The van der Waals surface area contributed by atoms with E-state index in [-0.39, 0.29) is 11.6 Å². The Labute approximate surface area is 133 Å². The Morgan fingerprint density at radius 1 is 1.17 bits per heavy atom. The zero-order valence-electron chi connectivity index (χ0n) is 13.7. The molecule has 0 aliphatic heterocycles. The molecule has 0 spiro atoms. The first kappa shape index (κ1) is 18.7. The lowest BCUT2D eigenvalue weighted by Crippen LogP contribution is -2.51. The highest BCUT2D eigenvalue weighted by molar-refractivity contribution is 5.93. The van der Waals surface area contributed by atoms with E-state index in [4.69, 9.17) is 0 Å². The number of rotatable bonds is 4. The Balaban J connectivity index is 2.69. The van der Waals surface area contributed by atoms with Gasteiger partial charge in [0.15, 0.2) is 17.4 Å². The van der Waals surface area contributed by atoms with Gasteiger partial charge in [-0.05, 0) is 27.7 Å². The van der Waals surface area contributed by atoms with Crippen molar-refractivity contribution in [2.24, 2.45) is 0 Å². The number of amides is 3. The van der Waals surface area contributed by atoms with Crippen LogP contribution in [0, 0.1) is 11.6 Å². The smallest absolute Gasteiger partial charge is 0.319 e. The summed E-state index contributed by atoms with van der Waals surface area (Å²) in [5.74, 6) is -2.80. The Bertz CT molecular complexity index is 577. The molecule has 0 saturated heterocycles. The zero-order valence-corrected chi connectivity index (χ0v) is 13.7. The first-order chi connectivity index (χ1) is 10.5. The van der Waals surface area contributed by atoms with E-state index in [1.165, 1.54) is 6.92 Å². The van der Waals surface area contributed by atoms with Gasteiger partial charge >= 0.3 is 6.03 Å². The van der Waals surface area contributed by atoms with Crippen LogP contribution in [0.2, 0.25) is 0 Å². The summed E-state index contributed by atoms with van der Waals surface area (Å²) >= 11 is 0. The average molecular weight is 329 g/mol. The molecule has 0 heterocycles. The van der Waals surface area contributed by atoms with Crippen molar-refractivity contribution < 1.29 is 23.1 Å². The van der Waals surface area contributed by atoms with E-state index < -0.39 is 35.0 Å². The summed E-state index contributed by atoms with van der Waals surface area (Å²) in [6, 6.07) is 0.260. The minimum Gasteiger partial charge on any atom is -0.491 e. The van der Waals surface area contributed by atoms with Crippen LogP contribution in [-0.4, -0.2) is 30.6 Å². The standard InChI is InChI=1S/C15H21F2N3O3/c1-8(13(21)20-15(2,3)4)18-14(22)19-9-6-10(16)12(23-5)11(17)7-9/h6-8H,1-5H3,(H,20,21)(H2,18,19,22)/t8-/m0/s1. The third-order valence-electron chi connectivity index (χ3n) is 2.70. The maximum Gasteiger partial charge on any atom is 0.319 e. The number of urea groups is 1. The van der Waals surface area contributed by atoms with Crippen LogP contribution < -0.4 is 20.7 Å². The molecule has 0 aliphatic carbocycles. The first-order valence-corrected chi connectivity index (χ1v) is 6.96. The fraction of sp³-hybridized carbons (Fsp3) is 0.467. The molecule has 0 radical (unpaired) electrons. The van der Waals surface area contributed by atoms with E-state index in [2.05, 4.69) is 20.7 Å². The molecule has 8 heteroatoms. The summed E-state index contributed by atoms with van der Waals surface area (Å²) in [5, 5.41) is 7.34. The van der Waals surface area contributed by atoms with Crippen LogP contribution in [0.4, 0.5) is 19.3 Å². The van der Waals surface area contributed by atoms with E-state index in [9.17, 15) is 18.4 Å². The summed E-state index contributed by atoms with van der Waals surface area (Å²) in [5.41, 5.74) is -0.534. The van der Waals surface area contributed by atoms with Gasteiger partial charge in [-0.15, -0.1) is 0 Å². The zero-order chi connectivity index (χ0) is 17.8. The quantitative estimate of drug-likeness (QED) is 0.793. The fourth-order valence-corrected chi connectivity index (χ4v) is 1.73. The summed E-state index contributed by atoms with van der Waals surface area (Å²) < 4.78 is 31.6. The molecule has 6 nitrogen and oxygen atoms in total. The third-order valence-corrected chi connectivity index (χ3v) is 2.70. The highest BCUT2D eigenvalue weighted by atomic mass is 19.1. The summed E-state index contributed by atoms with van der Waals surface area (Å²) in [7, 11) is 1.14. The molecule has 1 atom stereocenters. The molecule has 1 aromatic carbocycles. The van der Waals surface area contributed by atoms with Crippen LogP contribution in [0.1, 0.15) is 27.7 Å². The summed E-state index contributed by atoms with van der Waals surface area (Å²) in [6.45, 7) is 6.91. The van der Waals surface area contributed by atoms with Crippen LogP contribution in [0.3, 0.4) is 0 Å². The van der Waals surface area contributed by atoms with Crippen molar-refractivity contribution in [3.63, 3.8) is 0 Å². The number of anilines is 1. The largest absolute Gasteiger partial charge is 0.491 e. The number of methoxy groups -OCH3 is 1. The van der Waals surface area contributed by atoms with Gasteiger partial charge in [-0.2, -0.15) is 0 Å². The van der Waals surface area contributed by atoms with Gasteiger partial charge < -0.3 is 20.7 Å². The van der Waals surface area contributed by atoms with Crippen molar-refractivity contribution >= 4 is 17.6 Å². The second-order valence-corrected chi connectivity index (χ2v) is 6.03. The Morgan fingerprint density at radius 3 is 2.13 bits per heavy atom. The molecule has 128 valence electrons. The Hall–Kier alpha value is -2.38. The molecule has 1 rings (SSSR count). The molecular weight excluding hydrogens is 308 g/mol. The van der Waals surface area contributed by atoms with Crippen LogP contribution in [0.25, 0.3) is 0 Å². The van der Waals surface area contributed by atoms with E-state index in [1.54, 1.807) is 20.8 Å². The molecule has 0 unspecified atom stereocenters. The lowest BCUT2D eigenvalue weighted by atomic mass is 10.1. The minimum atomic E-state index is -0.943. The van der Waals surface area contributed by atoms with E-state index in [0.717, 1.165) is 19.2 Å². The van der Waals surface area contributed by atoms with E-state index in [1.807, 2.05) is 0 Å². The van der Waals surface area contributed by atoms with Gasteiger partial charge in [0, 0.05) is 23.4 Å². The van der Waals surface area contributed by atoms with Gasteiger partial charge in [0.2, 0.25) is 5.91 Å². The van der Waals surface area contributed by atoms with Crippen molar-refractivity contribution in [2.75, 3.05) is 12.4 Å². The van der Waals surface area contributed by atoms with Crippen molar-refractivity contribution in [2.45, 2.75) is 39.3 Å². The highest BCUT2D eigenvalue weighted by Gasteiger charge is 2.21. The number of nitrogens with one attached hydrogen (secondary N) is 3. The molecular formula is C15H21F2N3O3. The summed E-state index contributed by atoms with van der Waals surface area (Å²) in [6.07, 6.45) is 0. The minimum absolute atomic E-state index is 0.0956. The van der Waals surface area contributed by atoms with E-state index >= 15 is 0 Å². The number of halogens is 2. The predicted octanol–water partition coefficient (Wildman–Crippen LogP) is 2.40. The van der Waals surface area contributed by atoms with Crippen molar-refractivity contribution in [1.82, 2.24) is 10.6 Å². The molecule has 0 bridgehead atoms. The highest BCUT2D eigenvalue weighted by Crippen LogP contribution is 2.25. The fourth-order valence-electron chi connectivity index (χ4n) is 1.73. The van der Waals surface area contributed by atoms with Crippen molar-refractivity contribution in [3.05, 3.63) is 23.8 Å². The van der Waals surface area contributed by atoms with Crippen LogP contribution in [0.15, 0.2) is 12.1 Å². The lowest BCUT2D eigenvalue weighted by molar-refractivity contribution is -0.123. The van der Waals surface area contributed by atoms with Gasteiger partial charge in [0.25, 0.3) is 0 Å². The number of benzene rings is 1. The van der Waals surface area contributed by atoms with Crippen LogP contribution in [-0.2, 0) is 4.79 Å². The van der Waals surface area contributed by atoms with Gasteiger partial charge in [0.1, 0.15) is 6.04 Å². The number of carbonyl (C=O) groups excluding carboxylic acids is 2. The van der Waals surface area contributed by atoms with Crippen molar-refractivity contribution in [1.29, 1.82) is 0 Å². The average Bonchev–Trinajstić information content (AvgIpc) is 2.35. The van der Waals surface area contributed by atoms with Gasteiger partial charge in [0.05, 0.1) is 7.11 Å². The molecule has 0 saturated carbocycles. The molecule has 0 fully saturated rings. The third kappa shape index (κ3) is 5.72. The number of hydrogen-bond donors (Lipinski definition) is 3. The van der Waals surface area contributed by atoms with Gasteiger partial charge in [-0.25, -0.2) is 13.6 Å². The number of hydrogen-bond acceptors (Lipinski definition) is 3. The molecule has 0 aliphatic rings. The maximum absolute atomic E-state index is 13.5. The molecule has 3 N–H and O–H groups in total.